The highest BCUT2D eigenvalue weighted by molar-refractivity contribution is 7.47. The molecular weight excluding hydrogens is 1310 g/mol. The number of phosphoric acid groups is 2. The van der Waals surface area contributed by atoms with E-state index >= 15 is 0 Å². The van der Waals surface area contributed by atoms with Crippen LogP contribution in [0.4, 0.5) is 0 Å². The van der Waals surface area contributed by atoms with Gasteiger partial charge in [-0.15, -0.1) is 0 Å². The lowest BCUT2D eigenvalue weighted by Crippen LogP contribution is -2.30. The monoisotopic (exact) mass is 1450 g/mol. The van der Waals surface area contributed by atoms with E-state index in [1.807, 2.05) is 0 Å². The molecule has 5 unspecified atom stereocenters. The second-order valence-electron chi connectivity index (χ2n) is 25.7. The number of hydrogen-bond acceptors (Lipinski definition) is 14. The Bertz CT molecular complexity index is 2420. The largest absolute Gasteiger partial charge is 0.472 e. The second-order valence-corrected chi connectivity index (χ2v) is 28.7. The fourth-order valence-electron chi connectivity index (χ4n) is 10.1. The Labute approximate surface area is 613 Å². The van der Waals surface area contributed by atoms with E-state index in [9.17, 15) is 43.5 Å². The van der Waals surface area contributed by atoms with Crippen molar-refractivity contribution in [2.45, 2.75) is 322 Å². The molecule has 101 heavy (non-hydrogen) atoms. The summed E-state index contributed by atoms with van der Waals surface area (Å²) >= 11 is 0. The van der Waals surface area contributed by atoms with E-state index in [4.69, 9.17) is 32.3 Å². The van der Waals surface area contributed by atoms with Gasteiger partial charge in [-0.05, 0) is 141 Å². The second kappa shape index (κ2) is 75.1. The molecule has 0 saturated heterocycles. The molecule has 5 atom stereocenters. The predicted octanol–water partition coefficient (Wildman–Crippen LogP) is 22.9. The molecule has 0 rings (SSSR count). The number of ether oxygens (including phenoxy) is 3. The van der Waals surface area contributed by atoms with Crippen molar-refractivity contribution in [3.8, 4) is 0 Å². The molecular formula is C83H140O16P2. The Hall–Kier alpha value is -4.57. The summed E-state index contributed by atoms with van der Waals surface area (Å²) < 4.78 is 61.1. The first kappa shape index (κ1) is 96.4. The van der Waals surface area contributed by atoms with E-state index in [1.165, 1.54) is 70.6 Å². The number of aliphatic hydroxyl groups excluding tert-OH is 2. The van der Waals surface area contributed by atoms with E-state index in [-0.39, 0.29) is 19.3 Å². The zero-order valence-corrected chi connectivity index (χ0v) is 64.8. The van der Waals surface area contributed by atoms with E-state index in [1.54, 1.807) is 0 Å². The lowest BCUT2D eigenvalue weighted by Gasteiger charge is -2.21. The van der Waals surface area contributed by atoms with Gasteiger partial charge in [-0.3, -0.25) is 32.5 Å². The van der Waals surface area contributed by atoms with Crippen molar-refractivity contribution >= 4 is 33.6 Å². The van der Waals surface area contributed by atoms with Crippen LogP contribution in [-0.2, 0) is 55.8 Å². The van der Waals surface area contributed by atoms with Gasteiger partial charge in [0.05, 0.1) is 26.4 Å². The number of unbranched alkanes of at least 4 members (excludes halogenated alkanes) is 26. The SMILES string of the molecule is CC/C=C\C/C=C\C/C=C\C/C=C\C/C=C\CCCCCCCC(=O)OCC(COP(=O)(O)OCC(O)COP(=O)(O)OCC(O)COC(=O)CCCCCCCCCCCCC/C=C\C/C=C\C/C=C\C/C=C\CCCCC)OC(=O)CCCCCCCCC/C=C\C/C=C\C/C=C\CC. The van der Waals surface area contributed by atoms with E-state index < -0.39 is 91.5 Å². The van der Waals surface area contributed by atoms with Crippen molar-refractivity contribution in [3.63, 3.8) is 0 Å². The number of carbonyl (C=O) groups is 3. The molecule has 16 nitrogen and oxygen atoms in total. The lowest BCUT2D eigenvalue weighted by atomic mass is 10.0. The van der Waals surface area contributed by atoms with E-state index in [0.717, 1.165) is 173 Å². The molecule has 0 aliphatic rings. The normalized spacial score (nSPS) is 14.8. The van der Waals surface area contributed by atoms with Crippen LogP contribution in [0.15, 0.2) is 146 Å². The van der Waals surface area contributed by atoms with Crippen molar-refractivity contribution in [3.05, 3.63) is 146 Å². The third-order valence-electron chi connectivity index (χ3n) is 16.0. The van der Waals surface area contributed by atoms with Gasteiger partial charge in [0, 0.05) is 19.3 Å². The highest BCUT2D eigenvalue weighted by atomic mass is 31.2. The Morgan fingerprint density at radius 3 is 0.832 bits per heavy atom. The molecule has 0 aromatic carbocycles. The summed E-state index contributed by atoms with van der Waals surface area (Å²) in [6.07, 6.45) is 91.7. The Morgan fingerprint density at radius 2 is 0.525 bits per heavy atom. The van der Waals surface area contributed by atoms with Crippen LogP contribution in [0.25, 0.3) is 0 Å². The number of carbonyl (C=O) groups excluding carboxylic acids is 3. The van der Waals surface area contributed by atoms with Crippen molar-refractivity contribution < 1.29 is 75.8 Å². The molecule has 0 fully saturated rings. The first-order valence-corrected chi connectivity index (χ1v) is 42.1. The van der Waals surface area contributed by atoms with Crippen LogP contribution in [0, 0.1) is 0 Å². The van der Waals surface area contributed by atoms with Crippen molar-refractivity contribution in [1.29, 1.82) is 0 Å². The molecule has 0 spiro atoms. The fourth-order valence-corrected chi connectivity index (χ4v) is 11.7. The minimum Gasteiger partial charge on any atom is -0.463 e. The zero-order chi connectivity index (χ0) is 73.7. The minimum absolute atomic E-state index is 0.0842. The summed E-state index contributed by atoms with van der Waals surface area (Å²) in [5.41, 5.74) is 0. The predicted molar refractivity (Wildman–Crippen MR) is 417 cm³/mol. The maximum Gasteiger partial charge on any atom is 0.472 e. The number of allylic oxidation sites excluding steroid dienone is 24. The summed E-state index contributed by atoms with van der Waals surface area (Å²) in [6, 6.07) is 0. The van der Waals surface area contributed by atoms with Crippen LogP contribution in [-0.4, -0.2) is 95.9 Å². The molecule has 578 valence electrons. The van der Waals surface area contributed by atoms with Gasteiger partial charge in [0.1, 0.15) is 25.4 Å². The van der Waals surface area contributed by atoms with Gasteiger partial charge in [-0.1, -0.05) is 289 Å². The quantitative estimate of drug-likeness (QED) is 0.0146. The number of hydrogen-bond donors (Lipinski definition) is 4. The van der Waals surface area contributed by atoms with Crippen molar-refractivity contribution in [2.24, 2.45) is 0 Å². The topological polar surface area (TPSA) is 231 Å². The summed E-state index contributed by atoms with van der Waals surface area (Å²) in [6.45, 7) is 2.39. The summed E-state index contributed by atoms with van der Waals surface area (Å²) in [5, 5.41) is 20.6. The van der Waals surface area contributed by atoms with Gasteiger partial charge in [0.25, 0.3) is 0 Å². The number of phosphoric ester groups is 2. The lowest BCUT2D eigenvalue weighted by molar-refractivity contribution is -0.161. The maximum atomic E-state index is 13.0. The van der Waals surface area contributed by atoms with Gasteiger partial charge >= 0.3 is 33.6 Å². The molecule has 0 heterocycles. The van der Waals surface area contributed by atoms with Gasteiger partial charge < -0.3 is 34.2 Å². The average molecular weight is 1460 g/mol. The van der Waals surface area contributed by atoms with Crippen LogP contribution in [0.1, 0.15) is 303 Å². The van der Waals surface area contributed by atoms with Crippen LogP contribution < -0.4 is 0 Å². The summed E-state index contributed by atoms with van der Waals surface area (Å²) in [5.74, 6) is -1.61. The average Bonchev–Trinajstić information content (AvgIpc) is 0.961. The van der Waals surface area contributed by atoms with Gasteiger partial charge in [-0.25, -0.2) is 9.13 Å². The number of rotatable bonds is 73. The molecule has 0 aromatic heterocycles. The molecule has 0 saturated carbocycles. The standard InChI is InChI=1S/C83H140O16P2/c1-4-7-10-13-16-19-22-25-28-31-33-35-36-37-38-39-40-42-44-46-48-51-54-57-60-63-66-69-81(86)93-72-78(84)73-95-100(89,90)96-74-79(85)75-97-101(91,92)98-77-80(99-83(88)71-68-65-62-59-56-53-50-45-30-27-24-21-18-15-12-9-6-3)76-94-82(87)70-67-64-61-58-55-52-49-47-43-41-34-32-29-26-23-20-17-14-11-8-5-2/h8-9,11-12,16-21,25-30,33-35,37-38,41,47,49,78-80,84-85H,4-7,10,13-15,22-24,31-32,36,39-40,42-46,48,50-77H2,1-3H3,(H,89,90)(H,91,92)/b11-8-,12-9-,19-16-,20-17-,21-18-,28-25-,29-26-,30-27-,35-33-,38-37-,41-34-,49-47-. The van der Waals surface area contributed by atoms with Crippen molar-refractivity contribution in [2.75, 3.05) is 39.6 Å². The van der Waals surface area contributed by atoms with Crippen LogP contribution in [0.3, 0.4) is 0 Å². The first-order chi connectivity index (χ1) is 49.2. The van der Waals surface area contributed by atoms with E-state index in [2.05, 4.69) is 167 Å². The Balaban J connectivity index is 4.62. The highest BCUT2D eigenvalue weighted by Crippen LogP contribution is 2.45. The molecule has 0 amide bonds. The molecule has 0 aliphatic carbocycles. The highest BCUT2D eigenvalue weighted by Gasteiger charge is 2.29. The molecule has 18 heteroatoms. The fraction of sp³-hybridized carbons (Fsp3) is 0.675. The third-order valence-corrected chi connectivity index (χ3v) is 17.9. The molecule has 0 radical (unpaired) electrons. The van der Waals surface area contributed by atoms with E-state index in [0.29, 0.717) is 19.3 Å². The molecule has 0 aromatic rings. The van der Waals surface area contributed by atoms with Crippen LogP contribution in [0.5, 0.6) is 0 Å². The molecule has 0 aliphatic heterocycles. The van der Waals surface area contributed by atoms with Crippen LogP contribution >= 0.6 is 15.6 Å². The van der Waals surface area contributed by atoms with Crippen LogP contribution in [0.2, 0.25) is 0 Å². The Kier molecular flexibility index (Phi) is 71.7. The first-order valence-electron chi connectivity index (χ1n) is 39.1. The Morgan fingerprint density at radius 1 is 0.287 bits per heavy atom. The van der Waals surface area contributed by atoms with Gasteiger partial charge in [0.15, 0.2) is 6.10 Å². The smallest absolute Gasteiger partial charge is 0.463 e. The van der Waals surface area contributed by atoms with Gasteiger partial charge in [0.2, 0.25) is 0 Å². The molecule has 4 N–H and O–H groups in total. The summed E-state index contributed by atoms with van der Waals surface area (Å²) in [4.78, 5) is 58.7. The number of aliphatic hydroxyl groups is 2. The number of esters is 3. The zero-order valence-electron chi connectivity index (χ0n) is 63.0. The van der Waals surface area contributed by atoms with Crippen molar-refractivity contribution in [1.82, 2.24) is 0 Å². The summed E-state index contributed by atoms with van der Waals surface area (Å²) in [7, 11) is -9.81. The third kappa shape index (κ3) is 76.4. The van der Waals surface area contributed by atoms with Gasteiger partial charge in [-0.2, -0.15) is 0 Å². The molecule has 0 bridgehead atoms. The maximum absolute atomic E-state index is 13.0. The minimum atomic E-state index is -4.94.